The third kappa shape index (κ3) is 2.68. The molecule has 2 aromatic rings. The van der Waals surface area contributed by atoms with E-state index in [0.717, 1.165) is 24.8 Å². The van der Waals surface area contributed by atoms with Gasteiger partial charge in [-0.1, -0.05) is 19.1 Å². The number of hydrogen-bond acceptors (Lipinski definition) is 3. The number of imidazole rings is 1. The van der Waals surface area contributed by atoms with Gasteiger partial charge in [0.1, 0.15) is 0 Å². The Labute approximate surface area is 147 Å². The number of benzene rings is 1. The average molecular weight is 342 g/mol. The van der Waals surface area contributed by atoms with Crippen molar-refractivity contribution >= 4 is 17.1 Å². The van der Waals surface area contributed by atoms with E-state index in [1.807, 2.05) is 31.2 Å². The molecule has 0 radical (unpaired) electrons. The molecule has 1 aromatic heterocycles. The van der Waals surface area contributed by atoms with Crippen LogP contribution in [0.25, 0.3) is 11.0 Å². The normalized spacial score (nSPS) is 26.2. The van der Waals surface area contributed by atoms with Gasteiger partial charge in [-0.3, -0.25) is 4.57 Å². The fraction of sp³-hybridized carbons (Fsp3) is 0.579. The van der Waals surface area contributed by atoms with Crippen molar-refractivity contribution in [2.45, 2.75) is 63.7 Å². The number of carbonyl (C=O) groups is 1. The summed E-state index contributed by atoms with van der Waals surface area (Å²) in [5.74, 6) is 0. The molecule has 1 aromatic carbocycles. The van der Waals surface area contributed by atoms with Crippen molar-refractivity contribution in [3.05, 3.63) is 34.7 Å². The average Bonchev–Trinajstić information content (AvgIpc) is 2.97. The predicted molar refractivity (Wildman–Crippen MR) is 98.0 cm³/mol. The molecular weight excluding hydrogens is 316 g/mol. The molecule has 2 aliphatic heterocycles. The van der Waals surface area contributed by atoms with E-state index in [9.17, 15) is 9.59 Å². The Morgan fingerprint density at radius 2 is 1.80 bits per heavy atom. The lowest BCUT2D eigenvalue weighted by Crippen LogP contribution is -2.50. The predicted octanol–water partition coefficient (Wildman–Crippen LogP) is 2.40. The van der Waals surface area contributed by atoms with Crippen molar-refractivity contribution < 1.29 is 4.79 Å². The number of amides is 1. The van der Waals surface area contributed by atoms with Gasteiger partial charge in [-0.25, -0.2) is 14.2 Å². The summed E-state index contributed by atoms with van der Waals surface area (Å²) in [7, 11) is 2.18. The van der Waals surface area contributed by atoms with Gasteiger partial charge < -0.3 is 10.2 Å². The molecule has 6 nitrogen and oxygen atoms in total. The van der Waals surface area contributed by atoms with Crippen LogP contribution in [0.1, 0.15) is 39.0 Å². The van der Waals surface area contributed by atoms with Crippen molar-refractivity contribution in [3.63, 3.8) is 0 Å². The van der Waals surface area contributed by atoms with E-state index in [-0.39, 0.29) is 17.8 Å². The zero-order valence-corrected chi connectivity index (χ0v) is 14.9. The molecule has 1 N–H and O–H groups in total. The molecule has 2 saturated heterocycles. The molecule has 25 heavy (non-hydrogen) atoms. The van der Waals surface area contributed by atoms with Crippen LogP contribution in [0.15, 0.2) is 29.1 Å². The Morgan fingerprint density at radius 1 is 1.16 bits per heavy atom. The fourth-order valence-electron chi connectivity index (χ4n) is 4.61. The summed E-state index contributed by atoms with van der Waals surface area (Å²) in [6, 6.07) is 8.52. The molecule has 2 bridgehead atoms. The molecule has 3 atom stereocenters. The number of fused-ring (bicyclic) bond motifs is 3. The van der Waals surface area contributed by atoms with E-state index >= 15 is 0 Å². The first-order valence-corrected chi connectivity index (χ1v) is 9.33. The largest absolute Gasteiger partial charge is 0.337 e. The molecule has 134 valence electrons. The maximum Gasteiger partial charge on any atom is 0.337 e. The number of hydrogen-bond donors (Lipinski definition) is 1. The number of aryl methyl sites for hydroxylation is 1. The maximum atomic E-state index is 12.9. The van der Waals surface area contributed by atoms with Crippen molar-refractivity contribution in [1.29, 1.82) is 0 Å². The van der Waals surface area contributed by atoms with Gasteiger partial charge in [-0.05, 0) is 51.3 Å². The van der Waals surface area contributed by atoms with Gasteiger partial charge in [0.05, 0.1) is 11.0 Å². The Morgan fingerprint density at radius 3 is 2.44 bits per heavy atom. The number of para-hydroxylation sites is 2. The first-order valence-electron chi connectivity index (χ1n) is 9.33. The topological polar surface area (TPSA) is 59.3 Å². The van der Waals surface area contributed by atoms with Gasteiger partial charge in [0.2, 0.25) is 0 Å². The lowest BCUT2D eigenvalue weighted by Gasteiger charge is -2.36. The highest BCUT2D eigenvalue weighted by Crippen LogP contribution is 2.34. The minimum Gasteiger partial charge on any atom is -0.334 e. The SMILES string of the molecule is CCCn1c(=O)n(C(=O)N[C@H]2C[C@H]3CC[C@@H](C2)N3C)c2ccccc21. The second-order valence-corrected chi connectivity index (χ2v) is 7.43. The summed E-state index contributed by atoms with van der Waals surface area (Å²) >= 11 is 0. The molecule has 0 aliphatic carbocycles. The van der Waals surface area contributed by atoms with Crippen LogP contribution in [0.4, 0.5) is 4.79 Å². The Hall–Kier alpha value is -2.08. The van der Waals surface area contributed by atoms with Crippen LogP contribution >= 0.6 is 0 Å². The number of rotatable bonds is 3. The van der Waals surface area contributed by atoms with Crippen molar-refractivity contribution in [2.75, 3.05) is 7.05 Å². The highest BCUT2D eigenvalue weighted by molar-refractivity contribution is 5.89. The van der Waals surface area contributed by atoms with E-state index < -0.39 is 0 Å². The molecule has 4 rings (SSSR count). The quantitative estimate of drug-likeness (QED) is 0.932. The number of aromatic nitrogens is 2. The summed E-state index contributed by atoms with van der Waals surface area (Å²) in [4.78, 5) is 28.2. The van der Waals surface area contributed by atoms with Crippen LogP contribution in [-0.2, 0) is 6.54 Å². The van der Waals surface area contributed by atoms with Crippen molar-refractivity contribution in [3.8, 4) is 0 Å². The first-order chi connectivity index (χ1) is 12.1. The van der Waals surface area contributed by atoms with Crippen LogP contribution in [0.5, 0.6) is 0 Å². The molecule has 1 amide bonds. The summed E-state index contributed by atoms with van der Waals surface area (Å²) in [5, 5.41) is 3.13. The molecule has 3 heterocycles. The van der Waals surface area contributed by atoms with Crippen LogP contribution < -0.4 is 11.0 Å². The van der Waals surface area contributed by atoms with Gasteiger partial charge in [-0.15, -0.1) is 0 Å². The monoisotopic (exact) mass is 342 g/mol. The Bertz CT molecular complexity index is 839. The molecule has 0 saturated carbocycles. The van der Waals surface area contributed by atoms with E-state index in [4.69, 9.17) is 0 Å². The van der Waals surface area contributed by atoms with Gasteiger partial charge in [-0.2, -0.15) is 0 Å². The highest BCUT2D eigenvalue weighted by Gasteiger charge is 2.39. The zero-order valence-electron chi connectivity index (χ0n) is 14.9. The summed E-state index contributed by atoms with van der Waals surface area (Å²) < 4.78 is 3.01. The molecule has 2 fully saturated rings. The Balaban J connectivity index is 1.62. The number of nitrogens with one attached hydrogen (secondary N) is 1. The van der Waals surface area contributed by atoms with Crippen LogP contribution in [-0.4, -0.2) is 45.2 Å². The molecule has 6 heteroatoms. The lowest BCUT2D eigenvalue weighted by atomic mass is 9.98. The highest BCUT2D eigenvalue weighted by atomic mass is 16.2. The summed E-state index contributed by atoms with van der Waals surface area (Å²) in [5.41, 5.74) is 1.28. The van der Waals surface area contributed by atoms with E-state index in [2.05, 4.69) is 17.3 Å². The van der Waals surface area contributed by atoms with Crippen LogP contribution in [0.3, 0.4) is 0 Å². The second-order valence-electron chi connectivity index (χ2n) is 7.43. The minimum atomic E-state index is -0.287. The third-order valence-corrected chi connectivity index (χ3v) is 5.91. The van der Waals surface area contributed by atoms with Crippen molar-refractivity contribution in [2.24, 2.45) is 0 Å². The molecule has 2 aliphatic rings. The van der Waals surface area contributed by atoms with E-state index in [1.54, 1.807) is 4.57 Å². The number of carbonyl (C=O) groups excluding carboxylic acids is 1. The standard InChI is InChI=1S/C19H26N4O2/c1-3-10-22-16-6-4-5-7-17(16)23(19(22)25)18(24)20-13-11-14-8-9-15(12-13)21(14)2/h4-7,13-15H,3,8-12H2,1-2H3,(H,20,24)/t13-,14+,15-. The first kappa shape index (κ1) is 16.4. The zero-order chi connectivity index (χ0) is 17.6. The third-order valence-electron chi connectivity index (χ3n) is 5.91. The van der Waals surface area contributed by atoms with E-state index in [0.29, 0.717) is 24.1 Å². The summed E-state index contributed by atoms with van der Waals surface area (Å²) in [6.45, 7) is 2.66. The maximum absolute atomic E-state index is 12.9. The number of nitrogens with zero attached hydrogens (tertiary/aromatic N) is 3. The van der Waals surface area contributed by atoms with Crippen molar-refractivity contribution in [1.82, 2.24) is 19.4 Å². The minimum absolute atomic E-state index is 0.154. The van der Waals surface area contributed by atoms with Gasteiger partial charge >= 0.3 is 11.7 Å². The number of piperidine rings is 1. The smallest absolute Gasteiger partial charge is 0.334 e. The summed E-state index contributed by atoms with van der Waals surface area (Å²) in [6.07, 6.45) is 5.22. The van der Waals surface area contributed by atoms with Gasteiger partial charge in [0.25, 0.3) is 0 Å². The van der Waals surface area contributed by atoms with E-state index in [1.165, 1.54) is 17.4 Å². The molecule has 0 unspecified atom stereocenters. The van der Waals surface area contributed by atoms with Gasteiger partial charge in [0.15, 0.2) is 0 Å². The van der Waals surface area contributed by atoms with Gasteiger partial charge in [0, 0.05) is 24.7 Å². The molecule has 0 spiro atoms. The Kier molecular flexibility index (Phi) is 4.15. The lowest BCUT2D eigenvalue weighted by molar-refractivity contribution is 0.149. The van der Waals surface area contributed by atoms with Crippen LogP contribution in [0.2, 0.25) is 0 Å². The molecular formula is C19H26N4O2. The second kappa shape index (κ2) is 6.33. The fourth-order valence-corrected chi connectivity index (χ4v) is 4.61. The van der Waals surface area contributed by atoms with Crippen LogP contribution in [0, 0.1) is 0 Å².